The van der Waals surface area contributed by atoms with Gasteiger partial charge in [0.25, 0.3) is 0 Å². The van der Waals surface area contributed by atoms with E-state index in [0.717, 1.165) is 11.0 Å². The average Bonchev–Trinajstić information content (AvgIpc) is 2.34. The predicted molar refractivity (Wildman–Crippen MR) is 45.8 cm³/mol. The molecule has 0 saturated heterocycles. The van der Waals surface area contributed by atoms with Crippen LogP contribution in [0.2, 0.25) is 0 Å². The maximum Gasteiger partial charge on any atom is 0.113 e. The first kappa shape index (κ1) is 8.01. The lowest BCUT2D eigenvalue weighted by Crippen LogP contribution is -1.88. The molecule has 1 heterocycles. The fourth-order valence-electron chi connectivity index (χ4n) is 0.986. The minimum Gasteiger partial charge on any atom is -0.248 e. The van der Waals surface area contributed by atoms with E-state index in [0.29, 0.717) is 0 Å². The van der Waals surface area contributed by atoms with Gasteiger partial charge < -0.3 is 0 Å². The van der Waals surface area contributed by atoms with Gasteiger partial charge in [-0.25, -0.2) is 4.68 Å². The quantitative estimate of drug-likeness (QED) is 0.597. The van der Waals surface area contributed by atoms with Crippen LogP contribution in [0.5, 0.6) is 0 Å². The maximum atomic E-state index is 3.93. The van der Waals surface area contributed by atoms with Gasteiger partial charge in [0.15, 0.2) is 0 Å². The molecule has 0 amide bonds. The molecule has 0 bridgehead atoms. The Balaban J connectivity index is 0.000000605. The Morgan fingerprint density at radius 1 is 1.27 bits per heavy atom. The van der Waals surface area contributed by atoms with Gasteiger partial charge in [-0.2, -0.15) is 0 Å². The highest BCUT2D eigenvalue weighted by atomic mass is 35.5. The van der Waals surface area contributed by atoms with E-state index < -0.39 is 0 Å². The van der Waals surface area contributed by atoms with Crippen LogP contribution in [-0.2, 0) is 7.05 Å². The monoisotopic (exact) mass is 169 g/mol. The molecule has 0 unspecified atom stereocenters. The van der Waals surface area contributed by atoms with Crippen LogP contribution in [0, 0.1) is 0 Å². The van der Waals surface area contributed by atoms with E-state index >= 15 is 0 Å². The molecular formula is C7H8ClN3. The first-order valence-electron chi connectivity index (χ1n) is 3.12. The molecule has 0 aliphatic heterocycles. The van der Waals surface area contributed by atoms with Crippen LogP contribution in [0.15, 0.2) is 24.3 Å². The second kappa shape index (κ2) is 2.88. The summed E-state index contributed by atoms with van der Waals surface area (Å²) in [6.07, 6.45) is 0. The summed E-state index contributed by atoms with van der Waals surface area (Å²) < 4.78 is 1.76. The number of aromatic nitrogens is 3. The van der Waals surface area contributed by atoms with Gasteiger partial charge in [-0.15, -0.1) is 17.5 Å². The largest absolute Gasteiger partial charge is 0.248 e. The number of benzene rings is 1. The minimum atomic E-state index is 0. The zero-order chi connectivity index (χ0) is 6.97. The molecule has 0 atom stereocenters. The third-order valence-corrected chi connectivity index (χ3v) is 1.52. The lowest BCUT2D eigenvalue weighted by atomic mass is 10.3. The second-order valence-electron chi connectivity index (χ2n) is 2.20. The Morgan fingerprint density at radius 2 is 2.00 bits per heavy atom. The smallest absolute Gasteiger partial charge is 0.113 e. The van der Waals surface area contributed by atoms with E-state index in [1.165, 1.54) is 0 Å². The summed E-state index contributed by atoms with van der Waals surface area (Å²) in [5, 5.41) is 7.79. The number of rotatable bonds is 0. The van der Waals surface area contributed by atoms with Gasteiger partial charge >= 0.3 is 0 Å². The molecule has 0 aliphatic rings. The molecule has 58 valence electrons. The summed E-state index contributed by atoms with van der Waals surface area (Å²) >= 11 is 0. The van der Waals surface area contributed by atoms with Crippen molar-refractivity contribution in [2.45, 2.75) is 0 Å². The second-order valence-corrected chi connectivity index (χ2v) is 2.20. The highest BCUT2D eigenvalue weighted by Gasteiger charge is 1.95. The molecule has 1 aromatic carbocycles. The van der Waals surface area contributed by atoms with Gasteiger partial charge in [-0.05, 0) is 12.1 Å². The van der Waals surface area contributed by atoms with Crippen LogP contribution in [-0.4, -0.2) is 15.0 Å². The lowest BCUT2D eigenvalue weighted by molar-refractivity contribution is 0.736. The standard InChI is InChI=1S/C7H7N3.ClH/c1-10-7-5-3-2-4-6(7)8-9-10;/h2-5H,1H3;1H. The maximum absolute atomic E-state index is 3.93. The van der Waals surface area contributed by atoms with Gasteiger partial charge in [-0.1, -0.05) is 17.3 Å². The van der Waals surface area contributed by atoms with Crippen molar-refractivity contribution in [2.24, 2.45) is 7.05 Å². The van der Waals surface area contributed by atoms with E-state index in [1.807, 2.05) is 31.3 Å². The minimum absolute atomic E-state index is 0. The van der Waals surface area contributed by atoms with Crippen molar-refractivity contribution in [3.63, 3.8) is 0 Å². The summed E-state index contributed by atoms with van der Waals surface area (Å²) in [7, 11) is 1.88. The molecule has 4 heteroatoms. The van der Waals surface area contributed by atoms with Crippen LogP contribution in [0.3, 0.4) is 0 Å². The van der Waals surface area contributed by atoms with E-state index in [1.54, 1.807) is 4.68 Å². The molecule has 0 radical (unpaired) electrons. The third-order valence-electron chi connectivity index (χ3n) is 1.52. The number of aryl methyl sites for hydroxylation is 1. The van der Waals surface area contributed by atoms with E-state index in [4.69, 9.17) is 0 Å². The van der Waals surface area contributed by atoms with Gasteiger partial charge in [-0.3, -0.25) is 0 Å². The van der Waals surface area contributed by atoms with Crippen molar-refractivity contribution in [1.29, 1.82) is 0 Å². The summed E-state index contributed by atoms with van der Waals surface area (Å²) in [6, 6.07) is 7.88. The molecule has 0 N–H and O–H groups in total. The Kier molecular flexibility index (Phi) is 2.10. The number of para-hydroxylation sites is 1. The molecular weight excluding hydrogens is 162 g/mol. The van der Waals surface area contributed by atoms with Gasteiger partial charge in [0.05, 0.1) is 5.52 Å². The number of nitrogens with zero attached hydrogens (tertiary/aromatic N) is 3. The lowest BCUT2D eigenvalue weighted by Gasteiger charge is -1.87. The van der Waals surface area contributed by atoms with Crippen molar-refractivity contribution in [3.05, 3.63) is 24.3 Å². The first-order chi connectivity index (χ1) is 4.88. The van der Waals surface area contributed by atoms with Gasteiger partial charge in [0.2, 0.25) is 0 Å². The topological polar surface area (TPSA) is 30.7 Å². The SMILES string of the molecule is Cl.Cn1nnc2ccccc21. The van der Waals surface area contributed by atoms with E-state index in [2.05, 4.69) is 10.3 Å². The van der Waals surface area contributed by atoms with Crippen molar-refractivity contribution in [1.82, 2.24) is 15.0 Å². The number of halogens is 1. The van der Waals surface area contributed by atoms with Crippen LogP contribution >= 0.6 is 12.4 Å². The van der Waals surface area contributed by atoms with Crippen molar-refractivity contribution in [2.75, 3.05) is 0 Å². The molecule has 0 saturated carbocycles. The zero-order valence-corrected chi connectivity index (χ0v) is 6.88. The highest BCUT2D eigenvalue weighted by molar-refractivity contribution is 5.85. The number of hydrogen-bond donors (Lipinski definition) is 0. The predicted octanol–water partition coefficient (Wildman–Crippen LogP) is 1.39. The van der Waals surface area contributed by atoms with Crippen molar-refractivity contribution < 1.29 is 0 Å². The van der Waals surface area contributed by atoms with Crippen LogP contribution < -0.4 is 0 Å². The van der Waals surface area contributed by atoms with Crippen molar-refractivity contribution >= 4 is 23.4 Å². The Morgan fingerprint density at radius 3 is 2.73 bits per heavy atom. The molecule has 11 heavy (non-hydrogen) atoms. The van der Waals surface area contributed by atoms with Crippen LogP contribution in [0.4, 0.5) is 0 Å². The third kappa shape index (κ3) is 1.19. The molecule has 2 aromatic rings. The Labute approximate surface area is 70.4 Å². The zero-order valence-electron chi connectivity index (χ0n) is 6.06. The molecule has 3 nitrogen and oxygen atoms in total. The first-order valence-corrected chi connectivity index (χ1v) is 3.12. The fourth-order valence-corrected chi connectivity index (χ4v) is 0.986. The number of fused-ring (bicyclic) bond motifs is 1. The van der Waals surface area contributed by atoms with E-state index in [9.17, 15) is 0 Å². The van der Waals surface area contributed by atoms with Crippen molar-refractivity contribution in [3.8, 4) is 0 Å². The summed E-state index contributed by atoms with van der Waals surface area (Å²) in [4.78, 5) is 0. The molecule has 2 rings (SSSR count). The fraction of sp³-hybridized carbons (Fsp3) is 0.143. The molecule has 0 aliphatic carbocycles. The number of hydrogen-bond acceptors (Lipinski definition) is 2. The highest BCUT2D eigenvalue weighted by Crippen LogP contribution is 2.06. The summed E-state index contributed by atoms with van der Waals surface area (Å²) in [5.41, 5.74) is 2.02. The Hall–Kier alpha value is -1.09. The molecule has 1 aromatic heterocycles. The molecule has 0 fully saturated rings. The Bertz CT molecular complexity index is 355. The van der Waals surface area contributed by atoms with E-state index in [-0.39, 0.29) is 12.4 Å². The average molecular weight is 170 g/mol. The normalized spacial score (nSPS) is 9.55. The summed E-state index contributed by atoms with van der Waals surface area (Å²) in [6.45, 7) is 0. The summed E-state index contributed by atoms with van der Waals surface area (Å²) in [5.74, 6) is 0. The van der Waals surface area contributed by atoms with Crippen LogP contribution in [0.1, 0.15) is 0 Å². The van der Waals surface area contributed by atoms with Gasteiger partial charge in [0.1, 0.15) is 5.52 Å². The van der Waals surface area contributed by atoms with Gasteiger partial charge in [0, 0.05) is 7.05 Å². The molecule has 0 spiro atoms. The van der Waals surface area contributed by atoms with Crippen LogP contribution in [0.25, 0.3) is 11.0 Å².